The van der Waals surface area contributed by atoms with Crippen LogP contribution in [0.15, 0.2) is 90.4 Å². The normalized spacial score (nSPS) is 14.0. The molecule has 2 atom stereocenters. The topological polar surface area (TPSA) is 63.9 Å². The molecule has 0 N–H and O–H groups in total. The molecule has 3 aromatic heterocycles. The molecular formula is C22H20ClN5. The Labute approximate surface area is 169 Å². The van der Waals surface area contributed by atoms with Crippen LogP contribution in [0.1, 0.15) is 35.6 Å². The SMILES string of the molecule is C=N/C=C(\C=C/C)C(c1cccnc1)C(c1ccc(Cl)nc1)c1ccncn1. The van der Waals surface area contributed by atoms with Crippen LogP contribution in [0.3, 0.4) is 0 Å². The van der Waals surface area contributed by atoms with Gasteiger partial charge in [0, 0.05) is 42.8 Å². The summed E-state index contributed by atoms with van der Waals surface area (Å²) in [6.07, 6.45) is 14.5. The molecule has 3 heterocycles. The first-order valence-electron chi connectivity index (χ1n) is 8.80. The highest BCUT2D eigenvalue weighted by atomic mass is 35.5. The Morgan fingerprint density at radius 1 is 1.07 bits per heavy atom. The fraction of sp³-hybridized carbons (Fsp3) is 0.136. The second-order valence-electron chi connectivity index (χ2n) is 6.10. The lowest BCUT2D eigenvalue weighted by molar-refractivity contribution is 0.665. The summed E-state index contributed by atoms with van der Waals surface area (Å²) in [5.41, 5.74) is 3.88. The van der Waals surface area contributed by atoms with Gasteiger partial charge in [-0.05, 0) is 48.5 Å². The highest BCUT2D eigenvalue weighted by Gasteiger charge is 2.30. The minimum atomic E-state index is -0.138. The van der Waals surface area contributed by atoms with Gasteiger partial charge in [0.05, 0.1) is 5.69 Å². The fourth-order valence-electron chi connectivity index (χ4n) is 3.25. The zero-order valence-electron chi connectivity index (χ0n) is 15.5. The van der Waals surface area contributed by atoms with Gasteiger partial charge in [-0.3, -0.25) is 9.98 Å². The summed E-state index contributed by atoms with van der Waals surface area (Å²) >= 11 is 6.03. The van der Waals surface area contributed by atoms with Crippen LogP contribution < -0.4 is 0 Å². The zero-order chi connectivity index (χ0) is 19.8. The number of rotatable bonds is 7. The predicted octanol–water partition coefficient (Wildman–Crippen LogP) is 5.00. The van der Waals surface area contributed by atoms with Crippen LogP contribution in [0.5, 0.6) is 0 Å². The van der Waals surface area contributed by atoms with E-state index in [1.807, 2.05) is 43.5 Å². The number of allylic oxidation sites excluding steroid dienone is 3. The van der Waals surface area contributed by atoms with Crippen molar-refractivity contribution in [3.05, 3.63) is 107 Å². The molecule has 0 saturated carbocycles. The van der Waals surface area contributed by atoms with Gasteiger partial charge in [-0.2, -0.15) is 0 Å². The summed E-state index contributed by atoms with van der Waals surface area (Å²) in [4.78, 5) is 21.2. The van der Waals surface area contributed by atoms with E-state index in [0.717, 1.165) is 22.4 Å². The molecule has 0 radical (unpaired) electrons. The number of halogens is 1. The average molecular weight is 390 g/mol. The number of aromatic nitrogens is 4. The first-order valence-corrected chi connectivity index (χ1v) is 9.18. The monoisotopic (exact) mass is 389 g/mol. The maximum absolute atomic E-state index is 6.03. The molecule has 0 aliphatic heterocycles. The van der Waals surface area contributed by atoms with Gasteiger partial charge >= 0.3 is 0 Å². The van der Waals surface area contributed by atoms with Gasteiger partial charge in [0.25, 0.3) is 0 Å². The Kier molecular flexibility index (Phi) is 6.76. The van der Waals surface area contributed by atoms with Crippen molar-refractivity contribution in [3.8, 4) is 0 Å². The van der Waals surface area contributed by atoms with Crippen molar-refractivity contribution in [2.45, 2.75) is 18.8 Å². The molecule has 5 nitrogen and oxygen atoms in total. The molecule has 6 heteroatoms. The van der Waals surface area contributed by atoms with E-state index in [2.05, 4.69) is 37.7 Å². The Morgan fingerprint density at radius 2 is 1.96 bits per heavy atom. The molecule has 0 aliphatic carbocycles. The van der Waals surface area contributed by atoms with Crippen molar-refractivity contribution in [1.82, 2.24) is 19.9 Å². The summed E-state index contributed by atoms with van der Waals surface area (Å²) in [5.74, 6) is -0.241. The molecule has 0 saturated heterocycles. The summed E-state index contributed by atoms with van der Waals surface area (Å²) in [5, 5.41) is 0.445. The average Bonchev–Trinajstić information content (AvgIpc) is 2.74. The van der Waals surface area contributed by atoms with Crippen molar-refractivity contribution in [1.29, 1.82) is 0 Å². The lowest BCUT2D eigenvalue weighted by Crippen LogP contribution is -2.17. The zero-order valence-corrected chi connectivity index (χ0v) is 16.2. The first kappa shape index (κ1) is 19.6. The molecule has 0 bridgehead atoms. The van der Waals surface area contributed by atoms with Crippen LogP contribution in [0.25, 0.3) is 0 Å². The third-order valence-corrected chi connectivity index (χ3v) is 4.59. The lowest BCUT2D eigenvalue weighted by atomic mass is 9.76. The molecule has 140 valence electrons. The molecule has 0 aromatic carbocycles. The Morgan fingerprint density at radius 3 is 2.57 bits per heavy atom. The van der Waals surface area contributed by atoms with Crippen molar-refractivity contribution in [3.63, 3.8) is 0 Å². The maximum atomic E-state index is 6.03. The van der Waals surface area contributed by atoms with E-state index < -0.39 is 0 Å². The second kappa shape index (κ2) is 9.67. The van der Waals surface area contributed by atoms with Crippen LogP contribution in [-0.2, 0) is 0 Å². The van der Waals surface area contributed by atoms with Crippen LogP contribution in [-0.4, -0.2) is 26.7 Å². The predicted molar refractivity (Wildman–Crippen MR) is 113 cm³/mol. The van der Waals surface area contributed by atoms with Gasteiger partial charge in [0.1, 0.15) is 11.5 Å². The molecule has 3 rings (SSSR count). The van der Waals surface area contributed by atoms with Gasteiger partial charge in [-0.25, -0.2) is 15.0 Å². The van der Waals surface area contributed by atoms with Crippen molar-refractivity contribution >= 4 is 18.3 Å². The van der Waals surface area contributed by atoms with E-state index in [1.165, 1.54) is 0 Å². The first-order chi connectivity index (χ1) is 13.7. The Hall–Kier alpha value is -3.18. The van der Waals surface area contributed by atoms with Crippen LogP contribution in [0.2, 0.25) is 5.15 Å². The number of pyridine rings is 2. The molecule has 2 unspecified atom stereocenters. The van der Waals surface area contributed by atoms with E-state index in [9.17, 15) is 0 Å². The molecule has 0 fully saturated rings. The summed E-state index contributed by atoms with van der Waals surface area (Å²) < 4.78 is 0. The minimum absolute atomic E-state index is 0.103. The van der Waals surface area contributed by atoms with Crippen LogP contribution in [0.4, 0.5) is 0 Å². The largest absolute Gasteiger partial charge is 0.272 e. The summed E-state index contributed by atoms with van der Waals surface area (Å²) in [6.45, 7) is 5.62. The van der Waals surface area contributed by atoms with Crippen LogP contribution in [0, 0.1) is 0 Å². The third kappa shape index (κ3) is 4.56. The molecule has 3 aromatic rings. The highest BCUT2D eigenvalue weighted by Crippen LogP contribution is 2.42. The number of hydrogen-bond acceptors (Lipinski definition) is 5. The molecule has 0 aliphatic rings. The third-order valence-electron chi connectivity index (χ3n) is 4.37. The fourth-order valence-corrected chi connectivity index (χ4v) is 3.36. The van der Waals surface area contributed by atoms with E-state index in [-0.39, 0.29) is 11.8 Å². The van der Waals surface area contributed by atoms with E-state index in [0.29, 0.717) is 5.15 Å². The summed E-state index contributed by atoms with van der Waals surface area (Å²) in [7, 11) is 0. The van der Waals surface area contributed by atoms with Crippen molar-refractivity contribution in [2.24, 2.45) is 4.99 Å². The molecule has 0 amide bonds. The Balaban J connectivity index is 2.25. The van der Waals surface area contributed by atoms with Crippen molar-refractivity contribution in [2.75, 3.05) is 0 Å². The van der Waals surface area contributed by atoms with E-state index in [1.54, 1.807) is 37.2 Å². The number of nitrogens with zero attached hydrogens (tertiary/aromatic N) is 5. The summed E-state index contributed by atoms with van der Waals surface area (Å²) in [6, 6.07) is 9.65. The van der Waals surface area contributed by atoms with Gasteiger partial charge < -0.3 is 0 Å². The Bertz CT molecular complexity index is 953. The molecule has 0 spiro atoms. The van der Waals surface area contributed by atoms with Gasteiger partial charge in [-0.1, -0.05) is 35.9 Å². The van der Waals surface area contributed by atoms with E-state index >= 15 is 0 Å². The lowest BCUT2D eigenvalue weighted by Gasteiger charge is -2.28. The van der Waals surface area contributed by atoms with Crippen LogP contribution >= 0.6 is 11.6 Å². The number of aliphatic imine (C=N–C) groups is 1. The molecule has 28 heavy (non-hydrogen) atoms. The van der Waals surface area contributed by atoms with Crippen molar-refractivity contribution < 1.29 is 0 Å². The smallest absolute Gasteiger partial charge is 0.129 e. The van der Waals surface area contributed by atoms with Gasteiger partial charge in [0.15, 0.2) is 0 Å². The van der Waals surface area contributed by atoms with E-state index in [4.69, 9.17) is 11.6 Å². The number of hydrogen-bond donors (Lipinski definition) is 0. The highest BCUT2D eigenvalue weighted by molar-refractivity contribution is 6.29. The molecular weight excluding hydrogens is 370 g/mol. The minimum Gasteiger partial charge on any atom is -0.272 e. The quantitative estimate of drug-likeness (QED) is 0.324. The second-order valence-corrected chi connectivity index (χ2v) is 6.49. The van der Waals surface area contributed by atoms with Gasteiger partial charge in [0.2, 0.25) is 0 Å². The standard InChI is InChI=1S/C22H20ClN5/c1-3-5-16(12-24-2)21(17-6-4-10-25-13-17)22(19-9-11-26-15-28-19)18-7-8-20(23)27-14-18/h3-15,21-22H,2H2,1H3/b5-3-,16-12+. The maximum Gasteiger partial charge on any atom is 0.129 e. The van der Waals surface area contributed by atoms with Gasteiger partial charge in [-0.15, -0.1) is 0 Å².